The number of nitrogens with zero attached hydrogens (tertiary/aromatic N) is 9. The van der Waals surface area contributed by atoms with Crippen LogP contribution in [-0.2, 0) is 16.6 Å². The zero-order chi connectivity index (χ0) is 40.8. The highest BCUT2D eigenvalue weighted by molar-refractivity contribution is 6.03. The van der Waals surface area contributed by atoms with Crippen LogP contribution in [0.2, 0.25) is 0 Å². The standard InChI is InChI=1S/C44H53N11O4/c1-27-35-26-46-44(49-41(35)55(30-6-4-5-7-30)43(59)39(27)28(2)56)47-37-12-9-32(25-45-37)54-22-20-52(21-23-54)17-14-29-15-18-53(19-16-29)31-8-10-33-36(24-31)51(3)50-40(33)34-11-13-38(57)48-42(34)58/h8-10,12,24-26,29-30,34H,4-7,11,13-23H2,1-3H3,(H,48,57,58)(H,45,46,47,49). The lowest BCUT2D eigenvalue weighted by Gasteiger charge is -2.38. The molecule has 4 fully saturated rings. The molecule has 0 radical (unpaired) electrons. The average molecular weight is 800 g/mol. The number of aromatic nitrogens is 6. The largest absolute Gasteiger partial charge is 0.371 e. The second kappa shape index (κ2) is 16.2. The number of amides is 2. The highest BCUT2D eigenvalue weighted by atomic mass is 16.2. The molecule has 1 atom stereocenters. The van der Waals surface area contributed by atoms with Crippen LogP contribution in [0.25, 0.3) is 21.9 Å². The molecule has 3 saturated heterocycles. The summed E-state index contributed by atoms with van der Waals surface area (Å²) < 4.78 is 3.59. The summed E-state index contributed by atoms with van der Waals surface area (Å²) in [6.45, 7) is 10.3. The summed E-state index contributed by atoms with van der Waals surface area (Å²) >= 11 is 0. The van der Waals surface area contributed by atoms with E-state index in [2.05, 4.69) is 54.6 Å². The van der Waals surface area contributed by atoms with Crippen molar-refractivity contribution in [3.63, 3.8) is 0 Å². The third-order valence-electron chi connectivity index (χ3n) is 13.2. The predicted molar refractivity (Wildman–Crippen MR) is 228 cm³/mol. The molecule has 1 aliphatic carbocycles. The molecule has 7 heterocycles. The Hall–Kier alpha value is -5.70. The van der Waals surface area contributed by atoms with E-state index in [0.717, 1.165) is 99.2 Å². The van der Waals surface area contributed by atoms with Crippen LogP contribution in [-0.4, -0.2) is 97.6 Å². The molecule has 4 aromatic heterocycles. The van der Waals surface area contributed by atoms with Crippen LogP contribution in [0.5, 0.6) is 0 Å². The molecule has 59 heavy (non-hydrogen) atoms. The van der Waals surface area contributed by atoms with Gasteiger partial charge in [0.25, 0.3) is 5.56 Å². The second-order valence-electron chi connectivity index (χ2n) is 16.9. The van der Waals surface area contributed by atoms with Gasteiger partial charge in [0.05, 0.1) is 34.6 Å². The summed E-state index contributed by atoms with van der Waals surface area (Å²) in [4.78, 5) is 71.8. The fourth-order valence-corrected chi connectivity index (χ4v) is 9.83. The number of nitrogens with one attached hydrogen (secondary N) is 2. The Kier molecular flexibility index (Phi) is 10.6. The van der Waals surface area contributed by atoms with Crippen molar-refractivity contribution >= 4 is 62.7 Å². The number of aryl methyl sites for hydroxylation is 2. The van der Waals surface area contributed by atoms with E-state index in [0.29, 0.717) is 41.7 Å². The molecular formula is C44H53N11O4. The number of anilines is 4. The molecule has 1 aromatic carbocycles. The summed E-state index contributed by atoms with van der Waals surface area (Å²) in [5.41, 5.74) is 5.20. The van der Waals surface area contributed by atoms with E-state index in [1.807, 2.05) is 24.0 Å². The van der Waals surface area contributed by atoms with E-state index in [1.54, 1.807) is 17.7 Å². The van der Waals surface area contributed by atoms with E-state index in [4.69, 9.17) is 15.1 Å². The molecule has 15 nitrogen and oxygen atoms in total. The van der Waals surface area contributed by atoms with Gasteiger partial charge in [-0.05, 0) is 101 Å². The van der Waals surface area contributed by atoms with E-state index < -0.39 is 5.92 Å². The Balaban J connectivity index is 0.758. The van der Waals surface area contributed by atoms with Crippen LogP contribution >= 0.6 is 0 Å². The summed E-state index contributed by atoms with van der Waals surface area (Å²) in [7, 11) is 1.92. The summed E-state index contributed by atoms with van der Waals surface area (Å²) in [5, 5.41) is 12.1. The van der Waals surface area contributed by atoms with Crippen molar-refractivity contribution in [2.24, 2.45) is 13.0 Å². The fourth-order valence-electron chi connectivity index (χ4n) is 9.83. The van der Waals surface area contributed by atoms with Crippen molar-refractivity contribution in [1.29, 1.82) is 0 Å². The molecule has 0 bridgehead atoms. The van der Waals surface area contributed by atoms with Crippen molar-refractivity contribution in [3.05, 3.63) is 69.9 Å². The number of pyridine rings is 2. The fraction of sp³-hybridized carbons (Fsp3) is 0.500. The molecule has 2 amide bonds. The van der Waals surface area contributed by atoms with E-state index in [1.165, 1.54) is 31.9 Å². The second-order valence-corrected chi connectivity index (χ2v) is 16.9. The van der Waals surface area contributed by atoms with Gasteiger partial charge in [-0.1, -0.05) is 12.8 Å². The first-order chi connectivity index (χ1) is 28.6. The van der Waals surface area contributed by atoms with Gasteiger partial charge in [-0.15, -0.1) is 0 Å². The maximum Gasteiger partial charge on any atom is 0.263 e. The quantitative estimate of drug-likeness (QED) is 0.137. The van der Waals surface area contributed by atoms with Crippen LogP contribution in [0, 0.1) is 12.8 Å². The topological polar surface area (TPSA) is 163 Å². The Labute approximate surface area is 343 Å². The molecule has 308 valence electrons. The van der Waals surface area contributed by atoms with E-state index in [9.17, 15) is 19.2 Å². The third-order valence-corrected chi connectivity index (χ3v) is 13.2. The number of imide groups is 1. The zero-order valence-corrected chi connectivity index (χ0v) is 34.2. The number of piperidine rings is 2. The lowest BCUT2D eigenvalue weighted by molar-refractivity contribution is -0.134. The van der Waals surface area contributed by atoms with Gasteiger partial charge in [-0.3, -0.25) is 38.6 Å². The van der Waals surface area contributed by atoms with Gasteiger partial charge in [0.1, 0.15) is 11.5 Å². The average Bonchev–Trinajstić information content (AvgIpc) is 3.88. The highest BCUT2D eigenvalue weighted by Crippen LogP contribution is 2.35. The molecule has 1 unspecified atom stereocenters. The van der Waals surface area contributed by atoms with Gasteiger partial charge in [-0.2, -0.15) is 10.1 Å². The number of carbonyl (C=O) groups is 3. The molecule has 15 heteroatoms. The Morgan fingerprint density at radius 2 is 1.61 bits per heavy atom. The van der Waals surface area contributed by atoms with Crippen LogP contribution < -0.4 is 26.0 Å². The summed E-state index contributed by atoms with van der Waals surface area (Å²) in [6, 6.07) is 10.5. The number of benzene rings is 1. The van der Waals surface area contributed by atoms with Crippen LogP contribution in [0.15, 0.2) is 47.5 Å². The van der Waals surface area contributed by atoms with E-state index in [-0.39, 0.29) is 34.8 Å². The molecule has 2 N–H and O–H groups in total. The van der Waals surface area contributed by atoms with Gasteiger partial charge in [0.2, 0.25) is 17.8 Å². The van der Waals surface area contributed by atoms with Gasteiger partial charge >= 0.3 is 0 Å². The van der Waals surface area contributed by atoms with Crippen molar-refractivity contribution in [2.75, 3.05) is 60.9 Å². The Bertz CT molecular complexity index is 2470. The molecule has 4 aliphatic rings. The first-order valence-corrected chi connectivity index (χ1v) is 21.3. The highest BCUT2D eigenvalue weighted by Gasteiger charge is 2.32. The van der Waals surface area contributed by atoms with Gasteiger partial charge in [0, 0.05) is 81.4 Å². The smallest absolute Gasteiger partial charge is 0.263 e. The predicted octanol–water partition coefficient (Wildman–Crippen LogP) is 5.39. The van der Waals surface area contributed by atoms with Gasteiger partial charge in [-0.25, -0.2) is 9.97 Å². The minimum absolute atomic E-state index is 0.0234. The SMILES string of the molecule is CC(=O)c1c(C)c2cnc(Nc3ccc(N4CCN(CCC5CCN(c6ccc7c(C8CCC(=O)NC8=O)nn(C)c7c6)CC5)CC4)cn3)nc2n(C2CCCC2)c1=O. The van der Waals surface area contributed by atoms with Crippen molar-refractivity contribution in [1.82, 2.24) is 39.5 Å². The number of carbonyl (C=O) groups excluding carboxylic acids is 3. The first kappa shape index (κ1) is 38.8. The molecule has 3 aliphatic heterocycles. The lowest BCUT2D eigenvalue weighted by atomic mass is 9.92. The number of piperazine rings is 1. The number of ketones is 1. The molecule has 1 saturated carbocycles. The maximum atomic E-state index is 13.6. The van der Waals surface area contributed by atoms with Gasteiger partial charge < -0.3 is 15.1 Å². The normalized spacial score (nSPS) is 19.9. The number of Topliss-reactive ketones (excluding diaryl/α,β-unsaturated/α-hetero) is 1. The lowest BCUT2D eigenvalue weighted by Crippen LogP contribution is -2.47. The van der Waals surface area contributed by atoms with Crippen LogP contribution in [0.1, 0.15) is 98.3 Å². The van der Waals surface area contributed by atoms with Gasteiger partial charge in [0.15, 0.2) is 5.78 Å². The van der Waals surface area contributed by atoms with E-state index >= 15 is 0 Å². The monoisotopic (exact) mass is 799 g/mol. The van der Waals surface area contributed by atoms with Crippen molar-refractivity contribution in [3.8, 4) is 0 Å². The minimum atomic E-state index is -0.396. The number of hydrogen-bond donors (Lipinski definition) is 2. The van der Waals surface area contributed by atoms with Crippen molar-refractivity contribution in [2.45, 2.75) is 83.6 Å². The summed E-state index contributed by atoms with van der Waals surface area (Å²) in [6.07, 6.45) is 11.9. The summed E-state index contributed by atoms with van der Waals surface area (Å²) in [5.74, 6) is 0.609. The van der Waals surface area contributed by atoms with Crippen molar-refractivity contribution < 1.29 is 14.4 Å². The number of hydrogen-bond acceptors (Lipinski definition) is 12. The molecule has 5 aromatic rings. The number of fused-ring (bicyclic) bond motifs is 2. The Morgan fingerprint density at radius 3 is 2.32 bits per heavy atom. The maximum absolute atomic E-state index is 13.6. The Morgan fingerprint density at radius 1 is 0.864 bits per heavy atom. The third kappa shape index (κ3) is 7.68. The molecule has 9 rings (SSSR count). The molecular weight excluding hydrogens is 747 g/mol. The minimum Gasteiger partial charge on any atom is -0.371 e. The first-order valence-electron chi connectivity index (χ1n) is 21.3. The zero-order valence-electron chi connectivity index (χ0n) is 34.2. The number of rotatable bonds is 10. The molecule has 0 spiro atoms. The van der Waals surface area contributed by atoms with Crippen LogP contribution in [0.4, 0.5) is 23.1 Å². The van der Waals surface area contributed by atoms with Crippen LogP contribution in [0.3, 0.4) is 0 Å².